The van der Waals surface area contributed by atoms with Crippen LogP contribution in [0.3, 0.4) is 0 Å². The Morgan fingerprint density at radius 1 is 0.525 bits per heavy atom. The highest BCUT2D eigenvalue weighted by Gasteiger charge is 2.59. The zero-order valence-electron chi connectivity index (χ0n) is 31.1. The van der Waals surface area contributed by atoms with Crippen molar-refractivity contribution in [1.29, 1.82) is 0 Å². The van der Waals surface area contributed by atoms with Crippen LogP contribution in [-0.2, 0) is 81.5 Å². The molecule has 4 heterocycles. The van der Waals surface area contributed by atoms with E-state index in [-0.39, 0.29) is 0 Å². The number of nitrogens with one attached hydrogen (secondary N) is 2. The third kappa shape index (κ3) is 12.2. The number of carbonyl (C=O) groups is 4. The number of hydrogen-bond donors (Lipinski definition) is 14. The molecule has 4 saturated heterocycles. The number of carbonyl (C=O) groups excluding carboxylic acids is 2. The number of aliphatic hydroxyl groups excluding tert-OH is 8. The summed E-state index contributed by atoms with van der Waals surface area (Å²) >= 11 is 0. The van der Waals surface area contributed by atoms with Gasteiger partial charge in [0.25, 0.3) is 0 Å². The van der Waals surface area contributed by atoms with Gasteiger partial charge in [-0.25, -0.2) is 18.0 Å². The topological polar surface area (TPSA) is 486 Å². The Hall–Kier alpha value is -2.98. The van der Waals surface area contributed by atoms with Gasteiger partial charge in [-0.3, -0.25) is 18.7 Å². The van der Waals surface area contributed by atoms with Crippen molar-refractivity contribution in [2.45, 2.75) is 137 Å². The Morgan fingerprint density at radius 3 is 1.38 bits per heavy atom. The average molecular weight is 937 g/mol. The van der Waals surface area contributed by atoms with Gasteiger partial charge in [0, 0.05) is 13.8 Å². The number of ether oxygens (including phenoxy) is 7. The lowest BCUT2D eigenvalue weighted by Gasteiger charge is -2.50. The van der Waals surface area contributed by atoms with E-state index in [1.807, 2.05) is 0 Å². The van der Waals surface area contributed by atoms with E-state index in [1.165, 1.54) is 0 Å². The fourth-order valence-corrected chi connectivity index (χ4v) is 7.82. The largest absolute Gasteiger partial charge is 0.479 e. The quantitative estimate of drug-likeness (QED) is 0.0639. The highest BCUT2D eigenvalue weighted by Crippen LogP contribution is 2.36. The molecule has 0 aromatic carbocycles. The summed E-state index contributed by atoms with van der Waals surface area (Å²) in [5.74, 6) is -6.00. The van der Waals surface area contributed by atoms with Crippen molar-refractivity contribution in [2.24, 2.45) is 0 Å². The third-order valence-corrected chi connectivity index (χ3v) is 10.3. The molecule has 2 amide bonds. The van der Waals surface area contributed by atoms with E-state index in [0.717, 1.165) is 13.8 Å². The molecular formula is C28H44N2O29S2. The zero-order valence-corrected chi connectivity index (χ0v) is 32.7. The molecule has 31 nitrogen and oxygen atoms in total. The van der Waals surface area contributed by atoms with Crippen LogP contribution in [0.4, 0.5) is 0 Å². The number of aliphatic hydroxyl groups is 8. The van der Waals surface area contributed by atoms with Crippen molar-refractivity contribution in [1.82, 2.24) is 10.6 Å². The second kappa shape index (κ2) is 20.2. The molecule has 4 rings (SSSR count). The second-order valence-corrected chi connectivity index (χ2v) is 15.8. The van der Waals surface area contributed by atoms with E-state index in [1.54, 1.807) is 0 Å². The van der Waals surface area contributed by atoms with Crippen LogP contribution < -0.4 is 10.6 Å². The summed E-state index contributed by atoms with van der Waals surface area (Å²) in [4.78, 5) is 48.7. The van der Waals surface area contributed by atoms with Gasteiger partial charge in [0.2, 0.25) is 11.8 Å². The first-order valence-electron chi connectivity index (χ1n) is 17.4. The molecule has 0 aromatic heterocycles. The maximum atomic E-state index is 12.6. The molecule has 14 N–H and O–H groups in total. The average Bonchev–Trinajstić information content (AvgIpc) is 3.13. The van der Waals surface area contributed by atoms with Crippen molar-refractivity contribution in [3.8, 4) is 0 Å². The van der Waals surface area contributed by atoms with Crippen LogP contribution in [0.2, 0.25) is 0 Å². The lowest BCUT2D eigenvalue weighted by atomic mass is 9.94. The van der Waals surface area contributed by atoms with Crippen molar-refractivity contribution < 1.29 is 138 Å². The molecular weight excluding hydrogens is 892 g/mol. The molecule has 33 heteroatoms. The van der Waals surface area contributed by atoms with Gasteiger partial charge in [-0.1, -0.05) is 0 Å². The summed E-state index contributed by atoms with van der Waals surface area (Å²) in [6, 6.07) is -4.10. The second-order valence-electron chi connectivity index (χ2n) is 13.7. The van der Waals surface area contributed by atoms with Crippen LogP contribution in [0, 0.1) is 0 Å². The lowest BCUT2D eigenvalue weighted by molar-refractivity contribution is -0.368. The minimum absolute atomic E-state index is 0.818. The lowest BCUT2D eigenvalue weighted by Crippen LogP contribution is -2.71. The number of hydrogen-bond acceptors (Lipinski definition) is 25. The first-order valence-corrected chi connectivity index (χ1v) is 20.1. The minimum Gasteiger partial charge on any atom is -0.479 e. The van der Waals surface area contributed by atoms with Gasteiger partial charge in [0.1, 0.15) is 85.3 Å². The van der Waals surface area contributed by atoms with E-state index in [0.29, 0.717) is 0 Å². The van der Waals surface area contributed by atoms with Gasteiger partial charge in [-0.05, 0) is 0 Å². The summed E-state index contributed by atoms with van der Waals surface area (Å²) in [6.07, 6.45) is -42.1. The summed E-state index contributed by atoms with van der Waals surface area (Å²) in [7, 11) is -11.1. The minimum atomic E-state index is -5.61. The highest BCUT2D eigenvalue weighted by molar-refractivity contribution is 7.81. The molecule has 0 radical (unpaired) electrons. The summed E-state index contributed by atoms with van der Waals surface area (Å²) in [5.41, 5.74) is 0. The van der Waals surface area contributed by atoms with Gasteiger partial charge in [-0.2, -0.15) is 16.8 Å². The molecule has 0 spiro atoms. The normalized spacial score (nSPS) is 42.3. The first-order chi connectivity index (χ1) is 28.2. The fourth-order valence-electron chi connectivity index (χ4n) is 6.79. The molecule has 0 aromatic rings. The van der Waals surface area contributed by atoms with Crippen molar-refractivity contribution in [3.05, 3.63) is 0 Å². The summed E-state index contributed by atoms with van der Waals surface area (Å²) < 4.78 is 114. The smallest absolute Gasteiger partial charge is 0.397 e. The van der Waals surface area contributed by atoms with Gasteiger partial charge < -0.3 is 94.9 Å². The predicted octanol–water partition coefficient (Wildman–Crippen LogP) is -9.62. The molecule has 20 atom stereocenters. The predicted molar refractivity (Wildman–Crippen MR) is 179 cm³/mol. The summed E-state index contributed by atoms with van der Waals surface area (Å²) in [6.45, 7) is -0.804. The standard InChI is InChI=1S/C28H44N2O29S2/c1-5(33)29-9-18(16(58-60(45,46)47)7(3-31)51-25(9)44)53-28-15(39)20(14(38)22(57-28)24(42)43)55-26-10(30-6(2)34)19(17(8(4-32)52-26)59-61(48,49)50)54-27-13(37)11(35)12(36)21(56-27)23(40)41/h7-22,25-28,31-32,35-39,44H,3-4H2,1-2H3,(H,29,33)(H,30,34)(H,40,41)(H,42,43)(H,45,46,47)(H,48,49,50). The van der Waals surface area contributed by atoms with Crippen molar-refractivity contribution in [3.63, 3.8) is 0 Å². The van der Waals surface area contributed by atoms with E-state index in [4.69, 9.17) is 33.2 Å². The maximum absolute atomic E-state index is 12.6. The molecule has 352 valence electrons. The van der Waals surface area contributed by atoms with Crippen LogP contribution in [0.1, 0.15) is 13.8 Å². The van der Waals surface area contributed by atoms with Crippen LogP contribution in [0.25, 0.3) is 0 Å². The molecule has 20 unspecified atom stereocenters. The monoisotopic (exact) mass is 936 g/mol. The fraction of sp³-hybridized carbons (Fsp3) is 0.857. The van der Waals surface area contributed by atoms with Crippen LogP contribution in [0.5, 0.6) is 0 Å². The van der Waals surface area contributed by atoms with Crippen LogP contribution >= 0.6 is 0 Å². The van der Waals surface area contributed by atoms with Gasteiger partial charge >= 0.3 is 32.7 Å². The van der Waals surface area contributed by atoms with Gasteiger partial charge in [0.15, 0.2) is 37.4 Å². The number of amides is 2. The SMILES string of the molecule is CC(=O)NC1C(O)OC(CO)C(OS(=O)(=O)O)C1OC1OC(C(=O)O)C(O)C(OC2OC(CO)C(OS(=O)(=O)O)C(OC3OC(C(=O)O)C(O)C(O)C3O)C2NC(C)=O)C1O. The number of carboxylic acid groups (broad SMARTS) is 2. The molecule has 0 aliphatic carbocycles. The van der Waals surface area contributed by atoms with Gasteiger partial charge in [-0.15, -0.1) is 0 Å². The molecule has 4 fully saturated rings. The molecule has 4 aliphatic rings. The maximum Gasteiger partial charge on any atom is 0.397 e. The Balaban J connectivity index is 1.79. The Morgan fingerprint density at radius 2 is 0.934 bits per heavy atom. The Kier molecular flexibility index (Phi) is 16.8. The highest BCUT2D eigenvalue weighted by atomic mass is 32.3. The Bertz CT molecular complexity index is 1790. The van der Waals surface area contributed by atoms with Crippen LogP contribution in [0.15, 0.2) is 0 Å². The van der Waals surface area contributed by atoms with E-state index >= 15 is 0 Å². The Labute approximate surface area is 342 Å². The summed E-state index contributed by atoms with van der Waals surface area (Å²) in [5, 5.41) is 108. The van der Waals surface area contributed by atoms with E-state index in [9.17, 15) is 96.2 Å². The first kappa shape index (κ1) is 50.7. The van der Waals surface area contributed by atoms with E-state index < -0.39 is 180 Å². The number of aliphatic carboxylic acids is 2. The van der Waals surface area contributed by atoms with Crippen molar-refractivity contribution in [2.75, 3.05) is 13.2 Å². The van der Waals surface area contributed by atoms with Crippen LogP contribution in [-0.4, -0.2) is 237 Å². The number of carboxylic acids is 2. The molecule has 0 saturated carbocycles. The number of rotatable bonds is 16. The van der Waals surface area contributed by atoms with Gasteiger partial charge in [0.05, 0.1) is 13.2 Å². The molecule has 0 bridgehead atoms. The van der Waals surface area contributed by atoms with E-state index in [2.05, 4.69) is 19.0 Å². The van der Waals surface area contributed by atoms with Crippen molar-refractivity contribution >= 4 is 44.6 Å². The third-order valence-electron chi connectivity index (χ3n) is 9.35. The molecule has 61 heavy (non-hydrogen) atoms. The molecule has 4 aliphatic heterocycles. The zero-order chi connectivity index (χ0) is 46.0.